The minimum atomic E-state index is -0.793. The fourth-order valence-corrected chi connectivity index (χ4v) is 0.878. The van der Waals surface area contributed by atoms with Crippen LogP contribution in [-0.2, 0) is 4.79 Å². The Bertz CT molecular complexity index is 186. The van der Waals surface area contributed by atoms with Crippen LogP contribution in [0.15, 0.2) is 0 Å². The van der Waals surface area contributed by atoms with E-state index in [2.05, 4.69) is 0 Å². The molecule has 68 valence electrons. The molecule has 0 saturated heterocycles. The highest BCUT2D eigenvalue weighted by molar-refractivity contribution is 5.69. The van der Waals surface area contributed by atoms with Gasteiger partial charge in [0.2, 0.25) is 0 Å². The van der Waals surface area contributed by atoms with Crippen molar-refractivity contribution in [3.63, 3.8) is 0 Å². The van der Waals surface area contributed by atoms with Gasteiger partial charge in [0.1, 0.15) is 0 Å². The highest BCUT2D eigenvalue weighted by Gasteiger charge is 2.12. The van der Waals surface area contributed by atoms with Gasteiger partial charge in [-0.15, -0.1) is 0 Å². The highest BCUT2D eigenvalue weighted by atomic mass is 16.4. The molecule has 0 rings (SSSR count). The first-order valence-corrected chi connectivity index (χ1v) is 3.86. The summed E-state index contributed by atoms with van der Waals surface area (Å²) in [7, 11) is 1.82. The Morgan fingerprint density at radius 3 is 2.75 bits per heavy atom. The fraction of sp³-hybridized carbons (Fsp3) is 0.750. The Balaban J connectivity index is 3.62. The number of hydrogen-bond donors (Lipinski definition) is 1. The van der Waals surface area contributed by atoms with E-state index in [1.54, 1.807) is 6.92 Å². The highest BCUT2D eigenvalue weighted by Crippen LogP contribution is 1.98. The normalized spacial score (nSPS) is 12.5. The third-order valence-corrected chi connectivity index (χ3v) is 1.61. The van der Waals surface area contributed by atoms with Gasteiger partial charge in [-0.3, -0.25) is 4.79 Å². The molecular weight excluding hydrogens is 156 g/mol. The maximum absolute atomic E-state index is 10.4. The van der Waals surface area contributed by atoms with Gasteiger partial charge >= 0.3 is 5.97 Å². The summed E-state index contributed by atoms with van der Waals surface area (Å²) in [6.45, 7) is 2.79. The second-order valence-electron chi connectivity index (χ2n) is 2.91. The summed E-state index contributed by atoms with van der Waals surface area (Å²) in [6, 6.07) is 2.01. The van der Waals surface area contributed by atoms with Gasteiger partial charge in [0, 0.05) is 19.5 Å². The molecule has 0 aliphatic carbocycles. The summed E-state index contributed by atoms with van der Waals surface area (Å²) in [5, 5.41) is 16.8. The van der Waals surface area contributed by atoms with Crippen LogP contribution in [-0.4, -0.2) is 36.1 Å². The van der Waals surface area contributed by atoms with E-state index in [4.69, 9.17) is 10.4 Å². The van der Waals surface area contributed by atoms with E-state index in [1.165, 1.54) is 0 Å². The van der Waals surface area contributed by atoms with Crippen molar-refractivity contribution in [2.24, 2.45) is 5.92 Å². The lowest BCUT2D eigenvalue weighted by atomic mass is 10.2. The maximum atomic E-state index is 10.4. The van der Waals surface area contributed by atoms with Gasteiger partial charge in [0.25, 0.3) is 0 Å². The standard InChI is InChI=1S/C8H14N2O2/c1-7(8(11)12)6-10(2)5-3-4-9/h7H,3,5-6H2,1-2H3,(H,11,12). The summed E-state index contributed by atoms with van der Waals surface area (Å²) in [5.74, 6) is -1.16. The Labute approximate surface area is 72.4 Å². The molecule has 0 aromatic heterocycles. The van der Waals surface area contributed by atoms with Gasteiger partial charge in [-0.2, -0.15) is 5.26 Å². The Kier molecular flexibility index (Phi) is 5.06. The lowest BCUT2D eigenvalue weighted by Crippen LogP contribution is -2.29. The third kappa shape index (κ3) is 4.69. The number of carboxylic acid groups (broad SMARTS) is 1. The van der Waals surface area contributed by atoms with Crippen LogP contribution >= 0.6 is 0 Å². The van der Waals surface area contributed by atoms with E-state index < -0.39 is 5.97 Å². The molecule has 12 heavy (non-hydrogen) atoms. The Morgan fingerprint density at radius 2 is 2.33 bits per heavy atom. The summed E-state index contributed by atoms with van der Waals surface area (Å²) in [6.07, 6.45) is 0.447. The summed E-state index contributed by atoms with van der Waals surface area (Å²) in [4.78, 5) is 12.3. The summed E-state index contributed by atoms with van der Waals surface area (Å²) in [5.41, 5.74) is 0. The predicted octanol–water partition coefficient (Wildman–Crippen LogP) is 0.553. The van der Waals surface area contributed by atoms with Crippen LogP contribution < -0.4 is 0 Å². The number of aliphatic carboxylic acids is 1. The fourth-order valence-electron chi connectivity index (χ4n) is 0.878. The molecule has 0 radical (unpaired) electrons. The van der Waals surface area contributed by atoms with Gasteiger partial charge in [-0.1, -0.05) is 6.92 Å². The molecule has 4 nitrogen and oxygen atoms in total. The first kappa shape index (κ1) is 10.9. The predicted molar refractivity (Wildman–Crippen MR) is 44.5 cm³/mol. The van der Waals surface area contributed by atoms with Crippen LogP contribution in [0.5, 0.6) is 0 Å². The Hall–Kier alpha value is -1.08. The molecule has 0 fully saturated rings. The number of carboxylic acids is 1. The van der Waals surface area contributed by atoms with Crippen LogP contribution in [0.2, 0.25) is 0 Å². The van der Waals surface area contributed by atoms with Crippen molar-refractivity contribution < 1.29 is 9.90 Å². The van der Waals surface area contributed by atoms with Crippen LogP contribution in [0.4, 0.5) is 0 Å². The number of nitriles is 1. The molecule has 0 aliphatic rings. The van der Waals surface area contributed by atoms with Crippen molar-refractivity contribution in [1.82, 2.24) is 4.90 Å². The van der Waals surface area contributed by atoms with Crippen molar-refractivity contribution in [1.29, 1.82) is 5.26 Å². The molecule has 0 heterocycles. The van der Waals surface area contributed by atoms with E-state index in [0.717, 1.165) is 0 Å². The van der Waals surface area contributed by atoms with Gasteiger partial charge < -0.3 is 10.0 Å². The molecule has 1 atom stereocenters. The topological polar surface area (TPSA) is 64.3 Å². The van der Waals surface area contributed by atoms with Crippen LogP contribution in [0.1, 0.15) is 13.3 Å². The maximum Gasteiger partial charge on any atom is 0.307 e. The van der Waals surface area contributed by atoms with E-state index in [9.17, 15) is 4.79 Å². The smallest absolute Gasteiger partial charge is 0.307 e. The number of nitrogens with zero attached hydrogens (tertiary/aromatic N) is 2. The van der Waals surface area contributed by atoms with E-state index in [0.29, 0.717) is 19.5 Å². The average Bonchev–Trinajstić information content (AvgIpc) is 2.00. The minimum absolute atomic E-state index is 0.367. The molecule has 0 amide bonds. The van der Waals surface area contributed by atoms with Gasteiger partial charge in [0.05, 0.1) is 12.0 Å². The first-order valence-electron chi connectivity index (χ1n) is 3.86. The minimum Gasteiger partial charge on any atom is -0.481 e. The molecule has 4 heteroatoms. The van der Waals surface area contributed by atoms with Gasteiger partial charge in [0.15, 0.2) is 0 Å². The van der Waals surface area contributed by atoms with Crippen molar-refractivity contribution in [3.05, 3.63) is 0 Å². The molecule has 0 aliphatic heterocycles. The average molecular weight is 170 g/mol. The summed E-state index contributed by atoms with van der Waals surface area (Å²) < 4.78 is 0. The van der Waals surface area contributed by atoms with E-state index in [1.807, 2.05) is 18.0 Å². The molecule has 0 aromatic rings. The SMILES string of the molecule is CC(CN(C)CCC#N)C(=O)O. The molecule has 1 unspecified atom stereocenters. The lowest BCUT2D eigenvalue weighted by Gasteiger charge is -2.16. The van der Waals surface area contributed by atoms with Crippen molar-refractivity contribution in [3.8, 4) is 6.07 Å². The van der Waals surface area contributed by atoms with Crippen molar-refractivity contribution in [2.45, 2.75) is 13.3 Å². The molecule has 0 aromatic carbocycles. The van der Waals surface area contributed by atoms with Crippen LogP contribution in [0.3, 0.4) is 0 Å². The Morgan fingerprint density at radius 1 is 1.75 bits per heavy atom. The van der Waals surface area contributed by atoms with Crippen LogP contribution in [0, 0.1) is 17.2 Å². The molecule has 0 spiro atoms. The van der Waals surface area contributed by atoms with Gasteiger partial charge in [-0.05, 0) is 7.05 Å². The molecule has 1 N–H and O–H groups in total. The van der Waals surface area contributed by atoms with Gasteiger partial charge in [-0.25, -0.2) is 0 Å². The quantitative estimate of drug-likeness (QED) is 0.654. The zero-order valence-electron chi connectivity index (χ0n) is 7.45. The number of hydrogen-bond acceptors (Lipinski definition) is 3. The lowest BCUT2D eigenvalue weighted by molar-refractivity contribution is -0.141. The van der Waals surface area contributed by atoms with E-state index >= 15 is 0 Å². The number of rotatable bonds is 5. The molecule has 0 bridgehead atoms. The molecule has 0 saturated carbocycles. The monoisotopic (exact) mass is 170 g/mol. The van der Waals surface area contributed by atoms with Crippen molar-refractivity contribution in [2.75, 3.05) is 20.1 Å². The third-order valence-electron chi connectivity index (χ3n) is 1.61. The molecular formula is C8H14N2O2. The first-order chi connectivity index (χ1) is 5.57. The second kappa shape index (κ2) is 5.56. The zero-order chi connectivity index (χ0) is 9.56. The van der Waals surface area contributed by atoms with Crippen LogP contribution in [0.25, 0.3) is 0 Å². The second-order valence-corrected chi connectivity index (χ2v) is 2.91. The summed E-state index contributed by atoms with van der Waals surface area (Å²) >= 11 is 0. The zero-order valence-corrected chi connectivity index (χ0v) is 7.45. The van der Waals surface area contributed by atoms with E-state index in [-0.39, 0.29) is 5.92 Å². The number of carbonyl (C=O) groups is 1. The largest absolute Gasteiger partial charge is 0.481 e. The van der Waals surface area contributed by atoms with Crippen molar-refractivity contribution >= 4 is 5.97 Å².